The highest BCUT2D eigenvalue weighted by molar-refractivity contribution is 5.77. The summed E-state index contributed by atoms with van der Waals surface area (Å²) in [5, 5.41) is 3.27. The van der Waals surface area contributed by atoms with Crippen molar-refractivity contribution in [2.24, 2.45) is 0 Å². The van der Waals surface area contributed by atoms with Crippen molar-refractivity contribution in [3.05, 3.63) is 0 Å². The number of nitrogens with zero attached hydrogens (tertiary/aromatic N) is 1. The molecule has 1 aliphatic heterocycles. The monoisotopic (exact) mass is 172 g/mol. The number of methoxy groups -OCH3 is 1. The maximum absolute atomic E-state index is 11.3. The minimum Gasteiger partial charge on any atom is -0.375 e. The van der Waals surface area contributed by atoms with Crippen LogP contribution in [0.3, 0.4) is 0 Å². The number of piperazine rings is 1. The Kier molecular flexibility index (Phi) is 3.49. The van der Waals surface area contributed by atoms with E-state index < -0.39 is 0 Å². The first kappa shape index (κ1) is 9.48. The van der Waals surface area contributed by atoms with E-state index >= 15 is 0 Å². The molecule has 1 saturated heterocycles. The van der Waals surface area contributed by atoms with Gasteiger partial charge in [0, 0.05) is 32.8 Å². The smallest absolute Gasteiger partial charge is 0.248 e. The van der Waals surface area contributed by atoms with E-state index in [4.69, 9.17) is 4.74 Å². The molecule has 0 bridgehead atoms. The van der Waals surface area contributed by atoms with Crippen molar-refractivity contribution in [3.8, 4) is 0 Å². The minimum atomic E-state index is 0.0888. The van der Waals surface area contributed by atoms with Gasteiger partial charge in [0.1, 0.15) is 6.61 Å². The maximum Gasteiger partial charge on any atom is 0.248 e. The van der Waals surface area contributed by atoms with Gasteiger partial charge in [-0.1, -0.05) is 0 Å². The van der Waals surface area contributed by atoms with Gasteiger partial charge in [-0.15, -0.1) is 0 Å². The lowest BCUT2D eigenvalue weighted by molar-refractivity contribution is -0.136. The van der Waals surface area contributed by atoms with Crippen molar-refractivity contribution < 1.29 is 9.53 Å². The Morgan fingerprint density at radius 3 is 3.08 bits per heavy atom. The molecule has 1 heterocycles. The van der Waals surface area contributed by atoms with Crippen LogP contribution in [0.25, 0.3) is 0 Å². The van der Waals surface area contributed by atoms with Crippen LogP contribution in [-0.4, -0.2) is 50.2 Å². The molecule has 1 aliphatic rings. The number of hydrogen-bond acceptors (Lipinski definition) is 3. The van der Waals surface area contributed by atoms with E-state index in [1.165, 1.54) is 0 Å². The molecule has 0 aromatic rings. The van der Waals surface area contributed by atoms with Gasteiger partial charge in [0.15, 0.2) is 0 Å². The third-order valence-corrected chi connectivity index (χ3v) is 1.99. The van der Waals surface area contributed by atoms with Crippen molar-refractivity contribution in [1.82, 2.24) is 10.2 Å². The Morgan fingerprint density at radius 1 is 1.75 bits per heavy atom. The summed E-state index contributed by atoms with van der Waals surface area (Å²) >= 11 is 0. The molecule has 0 unspecified atom stereocenters. The van der Waals surface area contributed by atoms with Crippen LogP contribution >= 0.6 is 0 Å². The SMILES string of the molecule is COCC(=O)N1CCN[C@H](C)C1. The predicted molar refractivity (Wildman–Crippen MR) is 45.9 cm³/mol. The zero-order valence-corrected chi connectivity index (χ0v) is 7.67. The van der Waals surface area contributed by atoms with Crippen LogP contribution in [0.4, 0.5) is 0 Å². The maximum atomic E-state index is 11.3. The average molecular weight is 172 g/mol. The van der Waals surface area contributed by atoms with E-state index in [9.17, 15) is 4.79 Å². The summed E-state index contributed by atoms with van der Waals surface area (Å²) < 4.78 is 4.78. The zero-order chi connectivity index (χ0) is 8.97. The molecule has 1 N–H and O–H groups in total. The fraction of sp³-hybridized carbons (Fsp3) is 0.875. The van der Waals surface area contributed by atoms with Crippen molar-refractivity contribution in [1.29, 1.82) is 0 Å². The third-order valence-electron chi connectivity index (χ3n) is 1.99. The molecule has 0 aromatic heterocycles. The summed E-state index contributed by atoms with van der Waals surface area (Å²) in [6, 6.07) is 0.402. The minimum absolute atomic E-state index is 0.0888. The molecule has 0 saturated carbocycles. The number of carbonyl (C=O) groups excluding carboxylic acids is 1. The first-order valence-electron chi connectivity index (χ1n) is 4.24. The van der Waals surface area contributed by atoms with Gasteiger partial charge in [-0.2, -0.15) is 0 Å². The summed E-state index contributed by atoms with van der Waals surface area (Å²) in [5.74, 6) is 0.0888. The molecule has 0 aromatic carbocycles. The summed E-state index contributed by atoms with van der Waals surface area (Å²) in [6.07, 6.45) is 0. The number of nitrogens with one attached hydrogen (secondary N) is 1. The van der Waals surface area contributed by atoms with Gasteiger partial charge in [0.05, 0.1) is 0 Å². The number of amides is 1. The number of ether oxygens (including phenoxy) is 1. The molecule has 4 nitrogen and oxygen atoms in total. The van der Waals surface area contributed by atoms with Crippen LogP contribution in [0.5, 0.6) is 0 Å². The highest BCUT2D eigenvalue weighted by Crippen LogP contribution is 1.98. The van der Waals surface area contributed by atoms with Gasteiger partial charge >= 0.3 is 0 Å². The van der Waals surface area contributed by atoms with E-state index in [1.807, 2.05) is 4.90 Å². The van der Waals surface area contributed by atoms with Gasteiger partial charge in [0.25, 0.3) is 0 Å². The lowest BCUT2D eigenvalue weighted by Crippen LogP contribution is -2.52. The van der Waals surface area contributed by atoms with Gasteiger partial charge in [-0.3, -0.25) is 4.79 Å². The van der Waals surface area contributed by atoms with Gasteiger partial charge in [0.2, 0.25) is 5.91 Å². The number of carbonyl (C=O) groups is 1. The van der Waals surface area contributed by atoms with Crippen LogP contribution < -0.4 is 5.32 Å². The Balaban J connectivity index is 2.35. The Labute approximate surface area is 72.9 Å². The molecule has 1 amide bonds. The second kappa shape index (κ2) is 4.42. The second-order valence-corrected chi connectivity index (χ2v) is 3.13. The van der Waals surface area contributed by atoms with Crippen molar-refractivity contribution in [2.45, 2.75) is 13.0 Å². The molecule has 12 heavy (non-hydrogen) atoms. The van der Waals surface area contributed by atoms with E-state index in [-0.39, 0.29) is 12.5 Å². The predicted octanol–water partition coefficient (Wildman–Crippen LogP) is -0.547. The van der Waals surface area contributed by atoms with Crippen LogP contribution in [0.2, 0.25) is 0 Å². The second-order valence-electron chi connectivity index (χ2n) is 3.13. The fourth-order valence-electron chi connectivity index (χ4n) is 1.37. The van der Waals surface area contributed by atoms with Crippen molar-refractivity contribution in [2.75, 3.05) is 33.4 Å². The topological polar surface area (TPSA) is 41.6 Å². The molecule has 0 aliphatic carbocycles. The Hall–Kier alpha value is -0.610. The number of rotatable bonds is 2. The zero-order valence-electron chi connectivity index (χ0n) is 7.67. The van der Waals surface area contributed by atoms with Crippen LogP contribution in [0.15, 0.2) is 0 Å². The molecule has 4 heteroatoms. The first-order chi connectivity index (χ1) is 5.74. The average Bonchev–Trinajstić information content (AvgIpc) is 2.05. The lowest BCUT2D eigenvalue weighted by atomic mass is 10.2. The van der Waals surface area contributed by atoms with E-state index in [0.29, 0.717) is 6.04 Å². The standard InChI is InChI=1S/C8H16N2O2/c1-7-5-10(4-3-9-7)8(11)6-12-2/h7,9H,3-6H2,1-2H3/t7-/m1/s1. The molecule has 70 valence electrons. The summed E-state index contributed by atoms with van der Waals surface area (Å²) in [4.78, 5) is 13.2. The lowest BCUT2D eigenvalue weighted by Gasteiger charge is -2.31. The van der Waals surface area contributed by atoms with E-state index in [0.717, 1.165) is 19.6 Å². The Bertz CT molecular complexity index is 161. The largest absolute Gasteiger partial charge is 0.375 e. The van der Waals surface area contributed by atoms with Crippen LogP contribution in [0, 0.1) is 0 Å². The van der Waals surface area contributed by atoms with Gasteiger partial charge in [-0.25, -0.2) is 0 Å². The molecular weight excluding hydrogens is 156 g/mol. The Morgan fingerprint density at radius 2 is 2.50 bits per heavy atom. The van der Waals surface area contributed by atoms with Crippen LogP contribution in [-0.2, 0) is 9.53 Å². The highest BCUT2D eigenvalue weighted by atomic mass is 16.5. The molecule has 1 atom stereocenters. The summed E-state index contributed by atoms with van der Waals surface area (Å²) in [5.41, 5.74) is 0. The van der Waals surface area contributed by atoms with Crippen molar-refractivity contribution >= 4 is 5.91 Å². The summed E-state index contributed by atoms with van der Waals surface area (Å²) in [7, 11) is 1.55. The molecule has 1 fully saturated rings. The molecule has 1 rings (SSSR count). The first-order valence-corrected chi connectivity index (χ1v) is 4.24. The van der Waals surface area contributed by atoms with Gasteiger partial charge < -0.3 is 15.0 Å². The quantitative estimate of drug-likeness (QED) is 0.608. The van der Waals surface area contributed by atoms with E-state index in [2.05, 4.69) is 12.2 Å². The van der Waals surface area contributed by atoms with Crippen molar-refractivity contribution in [3.63, 3.8) is 0 Å². The highest BCUT2D eigenvalue weighted by Gasteiger charge is 2.19. The molecule has 0 spiro atoms. The molecule has 0 radical (unpaired) electrons. The molecular formula is C8H16N2O2. The van der Waals surface area contributed by atoms with Crippen LogP contribution in [0.1, 0.15) is 6.92 Å². The van der Waals surface area contributed by atoms with Gasteiger partial charge in [-0.05, 0) is 6.92 Å². The number of hydrogen-bond donors (Lipinski definition) is 1. The fourth-order valence-corrected chi connectivity index (χ4v) is 1.37. The van der Waals surface area contributed by atoms with E-state index in [1.54, 1.807) is 7.11 Å². The third kappa shape index (κ3) is 2.46. The normalized spacial score (nSPS) is 24.2. The summed E-state index contributed by atoms with van der Waals surface area (Å²) in [6.45, 7) is 4.75.